The normalized spacial score (nSPS) is 18.8. The van der Waals surface area contributed by atoms with Crippen molar-refractivity contribution in [2.24, 2.45) is 0 Å². The lowest BCUT2D eigenvalue weighted by molar-refractivity contribution is -0.136. The first kappa shape index (κ1) is 11.4. The van der Waals surface area contributed by atoms with Gasteiger partial charge in [0.05, 0.1) is 5.56 Å². The number of hydrogen-bond donors (Lipinski definition) is 1. The van der Waals surface area contributed by atoms with E-state index >= 15 is 0 Å². The van der Waals surface area contributed by atoms with Gasteiger partial charge in [0.1, 0.15) is 0 Å². The fraction of sp³-hybridized carbons (Fsp3) is 0.286. The van der Waals surface area contributed by atoms with E-state index < -0.39 is 11.7 Å². The van der Waals surface area contributed by atoms with Gasteiger partial charge in [-0.3, -0.25) is 0 Å². The molecule has 1 atom stereocenters. The number of alkyl halides is 3. The summed E-state index contributed by atoms with van der Waals surface area (Å²) in [6.07, 6.45) is -4.30. The van der Waals surface area contributed by atoms with Crippen LogP contribution in [0.1, 0.15) is 24.0 Å². The molecule has 0 bridgehead atoms. The summed E-state index contributed by atoms with van der Waals surface area (Å²) < 4.78 is 38.9. The van der Waals surface area contributed by atoms with E-state index in [0.29, 0.717) is 10.8 Å². The molecular weight excluding hydrogens is 239 g/mol. The zero-order chi connectivity index (χ0) is 12.9. The number of nitrogens with one attached hydrogen (secondary N) is 1. The van der Waals surface area contributed by atoms with E-state index in [4.69, 9.17) is 0 Å². The second kappa shape index (κ2) is 3.64. The Morgan fingerprint density at radius 2 is 1.89 bits per heavy atom. The van der Waals surface area contributed by atoms with Gasteiger partial charge < -0.3 is 5.32 Å². The minimum Gasteiger partial charge on any atom is -0.384 e. The number of fused-ring (bicyclic) bond motifs is 3. The molecule has 2 aromatic carbocycles. The lowest BCUT2D eigenvalue weighted by atomic mass is 9.94. The predicted molar refractivity (Wildman–Crippen MR) is 65.9 cm³/mol. The van der Waals surface area contributed by atoms with Gasteiger partial charge in [0, 0.05) is 18.2 Å². The van der Waals surface area contributed by atoms with Gasteiger partial charge in [0.15, 0.2) is 0 Å². The summed E-state index contributed by atoms with van der Waals surface area (Å²) in [5.41, 5.74) is 1.40. The van der Waals surface area contributed by atoms with E-state index in [9.17, 15) is 13.2 Å². The number of halogens is 3. The Kier molecular flexibility index (Phi) is 2.30. The van der Waals surface area contributed by atoms with Crippen LogP contribution >= 0.6 is 0 Å². The highest BCUT2D eigenvalue weighted by Gasteiger charge is 2.33. The summed E-state index contributed by atoms with van der Waals surface area (Å²) in [6, 6.07) is 7.70. The average molecular weight is 251 g/mol. The van der Waals surface area contributed by atoms with Crippen LogP contribution in [-0.4, -0.2) is 6.54 Å². The molecule has 0 fully saturated rings. The lowest BCUT2D eigenvalue weighted by Crippen LogP contribution is -2.06. The Labute approximate surface area is 103 Å². The summed E-state index contributed by atoms with van der Waals surface area (Å²) in [5.74, 6) is 0.243. The minimum atomic E-state index is -4.30. The highest BCUT2D eigenvalue weighted by Crippen LogP contribution is 2.41. The lowest BCUT2D eigenvalue weighted by Gasteiger charge is -2.13. The van der Waals surface area contributed by atoms with Crippen LogP contribution in [-0.2, 0) is 6.18 Å². The van der Waals surface area contributed by atoms with E-state index in [1.165, 1.54) is 6.07 Å². The van der Waals surface area contributed by atoms with Crippen molar-refractivity contribution in [1.29, 1.82) is 0 Å². The second-order valence-corrected chi connectivity index (χ2v) is 4.71. The Balaban J connectivity index is 2.36. The van der Waals surface area contributed by atoms with E-state index in [1.54, 1.807) is 18.2 Å². The van der Waals surface area contributed by atoms with Crippen molar-refractivity contribution < 1.29 is 13.2 Å². The third kappa shape index (κ3) is 1.55. The number of hydrogen-bond acceptors (Lipinski definition) is 1. The van der Waals surface area contributed by atoms with E-state index in [1.807, 2.05) is 6.92 Å². The van der Waals surface area contributed by atoms with Gasteiger partial charge in [-0.25, -0.2) is 0 Å². The number of benzene rings is 2. The molecule has 0 saturated heterocycles. The Morgan fingerprint density at radius 3 is 2.61 bits per heavy atom. The first-order valence-corrected chi connectivity index (χ1v) is 5.85. The van der Waals surface area contributed by atoms with Gasteiger partial charge in [0.2, 0.25) is 0 Å². The van der Waals surface area contributed by atoms with Gasteiger partial charge in [-0.2, -0.15) is 13.2 Å². The molecule has 1 N–H and O–H groups in total. The van der Waals surface area contributed by atoms with Crippen LogP contribution in [0.2, 0.25) is 0 Å². The molecule has 2 aromatic rings. The van der Waals surface area contributed by atoms with Crippen molar-refractivity contribution >= 4 is 16.5 Å². The molecule has 0 radical (unpaired) electrons. The molecule has 0 amide bonds. The molecule has 1 aliphatic rings. The topological polar surface area (TPSA) is 12.0 Å². The fourth-order valence-corrected chi connectivity index (χ4v) is 2.68. The SMILES string of the molecule is CC1CNc2ccc3c(C(F)(F)F)cccc3c21. The van der Waals surface area contributed by atoms with Gasteiger partial charge >= 0.3 is 6.18 Å². The second-order valence-electron chi connectivity index (χ2n) is 4.71. The Hall–Kier alpha value is -1.71. The molecule has 0 aliphatic carbocycles. The van der Waals surface area contributed by atoms with Crippen LogP contribution in [0, 0.1) is 0 Å². The molecule has 0 saturated carbocycles. The molecule has 0 aromatic heterocycles. The smallest absolute Gasteiger partial charge is 0.384 e. The highest BCUT2D eigenvalue weighted by molar-refractivity contribution is 5.94. The van der Waals surface area contributed by atoms with Crippen molar-refractivity contribution in [3.63, 3.8) is 0 Å². The molecule has 94 valence electrons. The van der Waals surface area contributed by atoms with Gasteiger partial charge in [0.25, 0.3) is 0 Å². The fourth-order valence-electron chi connectivity index (χ4n) is 2.68. The van der Waals surface area contributed by atoms with Crippen LogP contribution in [0.4, 0.5) is 18.9 Å². The Bertz CT molecular complexity index is 616. The number of anilines is 1. The number of rotatable bonds is 0. The van der Waals surface area contributed by atoms with E-state index in [-0.39, 0.29) is 5.92 Å². The predicted octanol–water partition coefficient (Wildman–Crippen LogP) is 4.39. The maximum absolute atomic E-state index is 13.0. The molecule has 18 heavy (non-hydrogen) atoms. The standard InChI is InChI=1S/C14H12F3N/c1-8-7-18-12-6-5-9-10(13(8)12)3-2-4-11(9)14(15,16)17/h2-6,8,18H,7H2,1H3. The molecule has 1 unspecified atom stereocenters. The third-order valence-corrected chi connectivity index (χ3v) is 3.50. The van der Waals surface area contributed by atoms with Crippen LogP contribution in [0.15, 0.2) is 30.3 Å². The molecule has 1 heterocycles. The summed E-state index contributed by atoms with van der Waals surface area (Å²) in [6.45, 7) is 2.81. The average Bonchev–Trinajstić information content (AvgIpc) is 2.69. The molecule has 1 nitrogen and oxygen atoms in total. The molecule has 1 aliphatic heterocycles. The van der Waals surface area contributed by atoms with E-state index in [2.05, 4.69) is 5.32 Å². The van der Waals surface area contributed by atoms with Crippen LogP contribution in [0.3, 0.4) is 0 Å². The van der Waals surface area contributed by atoms with Crippen LogP contribution < -0.4 is 5.32 Å². The van der Waals surface area contributed by atoms with Gasteiger partial charge in [-0.15, -0.1) is 0 Å². The van der Waals surface area contributed by atoms with Crippen LogP contribution in [0.5, 0.6) is 0 Å². The molecule has 0 spiro atoms. The van der Waals surface area contributed by atoms with Gasteiger partial charge in [-0.1, -0.05) is 25.1 Å². The summed E-state index contributed by atoms with van der Waals surface area (Å²) >= 11 is 0. The van der Waals surface area contributed by atoms with Crippen molar-refractivity contribution in [2.75, 3.05) is 11.9 Å². The molecule has 3 rings (SSSR count). The molecule has 4 heteroatoms. The Morgan fingerprint density at radius 1 is 1.11 bits per heavy atom. The monoisotopic (exact) mass is 251 g/mol. The van der Waals surface area contributed by atoms with Crippen molar-refractivity contribution in [3.05, 3.63) is 41.5 Å². The maximum Gasteiger partial charge on any atom is 0.417 e. The van der Waals surface area contributed by atoms with Crippen molar-refractivity contribution in [1.82, 2.24) is 0 Å². The summed E-state index contributed by atoms with van der Waals surface area (Å²) in [5, 5.41) is 4.22. The molecular formula is C14H12F3N. The quantitative estimate of drug-likeness (QED) is 0.732. The zero-order valence-electron chi connectivity index (χ0n) is 9.81. The minimum absolute atomic E-state index is 0.243. The summed E-state index contributed by atoms with van der Waals surface area (Å²) in [4.78, 5) is 0. The first-order valence-electron chi connectivity index (χ1n) is 5.85. The largest absolute Gasteiger partial charge is 0.417 e. The van der Waals surface area contributed by atoms with Gasteiger partial charge in [-0.05, 0) is 28.5 Å². The van der Waals surface area contributed by atoms with Crippen LogP contribution in [0.25, 0.3) is 10.8 Å². The zero-order valence-corrected chi connectivity index (χ0v) is 9.81. The first-order chi connectivity index (χ1) is 8.48. The van der Waals surface area contributed by atoms with Crippen molar-refractivity contribution in [3.8, 4) is 0 Å². The van der Waals surface area contributed by atoms with Crippen molar-refractivity contribution in [2.45, 2.75) is 19.0 Å². The summed E-state index contributed by atoms with van der Waals surface area (Å²) in [7, 11) is 0. The maximum atomic E-state index is 13.0. The highest BCUT2D eigenvalue weighted by atomic mass is 19.4. The van der Waals surface area contributed by atoms with E-state index in [0.717, 1.165) is 23.9 Å². The third-order valence-electron chi connectivity index (χ3n) is 3.50.